The summed E-state index contributed by atoms with van der Waals surface area (Å²) in [5, 5.41) is 0. The molecule has 0 saturated heterocycles. The quantitative estimate of drug-likeness (QED) is 0.523. The highest BCUT2D eigenvalue weighted by Gasteiger charge is 2.26. The zero-order valence-corrected chi connectivity index (χ0v) is 12.3. The van der Waals surface area contributed by atoms with Crippen molar-refractivity contribution in [2.24, 2.45) is 5.92 Å². The van der Waals surface area contributed by atoms with Gasteiger partial charge in [0.25, 0.3) is 0 Å². The molecule has 1 atom stereocenters. The molecule has 0 aromatic rings. The highest BCUT2D eigenvalue weighted by atomic mass is 28.4. The first-order chi connectivity index (χ1) is 7.44. The summed E-state index contributed by atoms with van der Waals surface area (Å²) < 4.78 is 6.10. The Balaban J connectivity index is 2.65. The molecule has 1 nitrogen and oxygen atoms in total. The Morgan fingerprint density at radius 3 is 2.62 bits per heavy atom. The van der Waals surface area contributed by atoms with Gasteiger partial charge in [0.1, 0.15) is 0 Å². The molecule has 16 heavy (non-hydrogen) atoms. The van der Waals surface area contributed by atoms with Crippen molar-refractivity contribution in [3.8, 4) is 11.8 Å². The van der Waals surface area contributed by atoms with Gasteiger partial charge in [-0.15, -0.1) is 5.92 Å². The molecule has 0 amide bonds. The zero-order chi connectivity index (χ0) is 12.2. The Morgan fingerprint density at radius 2 is 2.06 bits per heavy atom. The lowest BCUT2D eigenvalue weighted by atomic mass is 10.0. The largest absolute Gasteiger partial charge is 0.547 e. The topological polar surface area (TPSA) is 9.23 Å². The van der Waals surface area contributed by atoms with E-state index < -0.39 is 8.32 Å². The van der Waals surface area contributed by atoms with Crippen LogP contribution in [-0.4, -0.2) is 8.32 Å². The first kappa shape index (κ1) is 13.4. The van der Waals surface area contributed by atoms with Gasteiger partial charge in [0, 0.05) is 18.8 Å². The van der Waals surface area contributed by atoms with Gasteiger partial charge in [0.05, 0.1) is 5.76 Å². The second kappa shape index (κ2) is 5.59. The monoisotopic (exact) mass is 236 g/mol. The summed E-state index contributed by atoms with van der Waals surface area (Å²) in [6.07, 6.45) is 4.42. The Kier molecular flexibility index (Phi) is 4.67. The summed E-state index contributed by atoms with van der Waals surface area (Å²) in [4.78, 5) is 0. The average molecular weight is 236 g/mol. The summed E-state index contributed by atoms with van der Waals surface area (Å²) in [6.45, 7) is 11.1. The van der Waals surface area contributed by atoms with E-state index in [1.807, 2.05) is 0 Å². The molecule has 0 saturated carbocycles. The number of hydrogen-bond acceptors (Lipinski definition) is 1. The molecule has 90 valence electrons. The van der Waals surface area contributed by atoms with Crippen LogP contribution in [0.4, 0.5) is 0 Å². The SMILES string of the molecule is CCCC#CC1CCC(O[Si](C)(C)C)=C1C. The van der Waals surface area contributed by atoms with Crippen molar-refractivity contribution in [1.29, 1.82) is 0 Å². The highest BCUT2D eigenvalue weighted by Crippen LogP contribution is 2.33. The van der Waals surface area contributed by atoms with Gasteiger partial charge in [-0.2, -0.15) is 0 Å². The molecule has 1 aliphatic rings. The minimum absolute atomic E-state index is 0.456. The summed E-state index contributed by atoms with van der Waals surface area (Å²) in [5.74, 6) is 8.33. The standard InChI is InChI=1S/C14H24OSi/c1-6-7-8-9-13-10-11-14(12(13)2)15-16(3,4)5/h13H,6-7,10-11H2,1-5H3. The predicted octanol–water partition coefficient (Wildman–Crippen LogP) is 4.33. The van der Waals surface area contributed by atoms with Crippen molar-refractivity contribution in [1.82, 2.24) is 0 Å². The smallest absolute Gasteiger partial charge is 0.241 e. The van der Waals surface area contributed by atoms with Gasteiger partial charge >= 0.3 is 0 Å². The van der Waals surface area contributed by atoms with Gasteiger partial charge < -0.3 is 4.43 Å². The fourth-order valence-electron chi connectivity index (χ4n) is 1.89. The fourth-order valence-corrected chi connectivity index (χ4v) is 2.89. The lowest BCUT2D eigenvalue weighted by molar-refractivity contribution is 0.404. The Labute approximate surface area is 101 Å². The maximum Gasteiger partial charge on any atom is 0.241 e. The third-order valence-electron chi connectivity index (χ3n) is 2.70. The first-order valence-corrected chi connectivity index (χ1v) is 9.72. The number of allylic oxidation sites excluding steroid dienone is 2. The van der Waals surface area contributed by atoms with E-state index in [0.717, 1.165) is 25.7 Å². The predicted molar refractivity (Wildman–Crippen MR) is 72.5 cm³/mol. The summed E-state index contributed by atoms with van der Waals surface area (Å²) in [6, 6.07) is 0. The van der Waals surface area contributed by atoms with Crippen LogP contribution < -0.4 is 0 Å². The lowest BCUT2D eigenvalue weighted by Crippen LogP contribution is -2.24. The van der Waals surface area contributed by atoms with Gasteiger partial charge in [0.15, 0.2) is 0 Å². The van der Waals surface area contributed by atoms with Crippen molar-refractivity contribution in [2.45, 2.75) is 59.2 Å². The van der Waals surface area contributed by atoms with E-state index in [4.69, 9.17) is 4.43 Å². The normalized spacial score (nSPS) is 20.7. The molecule has 0 bridgehead atoms. The van der Waals surface area contributed by atoms with Crippen LogP contribution in [0.15, 0.2) is 11.3 Å². The Hall–Kier alpha value is -0.683. The minimum Gasteiger partial charge on any atom is -0.547 e. The third kappa shape index (κ3) is 4.06. The van der Waals surface area contributed by atoms with E-state index in [1.54, 1.807) is 0 Å². The molecular formula is C14H24OSi. The van der Waals surface area contributed by atoms with E-state index in [9.17, 15) is 0 Å². The van der Waals surface area contributed by atoms with Crippen LogP contribution in [-0.2, 0) is 4.43 Å². The second-order valence-electron chi connectivity index (χ2n) is 5.48. The van der Waals surface area contributed by atoms with Crippen molar-refractivity contribution in [2.75, 3.05) is 0 Å². The van der Waals surface area contributed by atoms with Crippen LogP contribution >= 0.6 is 0 Å². The minimum atomic E-state index is -1.44. The van der Waals surface area contributed by atoms with Gasteiger partial charge in [-0.25, -0.2) is 0 Å². The molecule has 0 radical (unpaired) electrons. The Morgan fingerprint density at radius 1 is 1.38 bits per heavy atom. The van der Waals surface area contributed by atoms with Gasteiger partial charge in [-0.3, -0.25) is 0 Å². The Bertz CT molecular complexity index is 325. The summed E-state index contributed by atoms with van der Waals surface area (Å²) >= 11 is 0. The number of rotatable bonds is 3. The van der Waals surface area contributed by atoms with Gasteiger partial charge in [-0.1, -0.05) is 12.8 Å². The molecule has 1 aliphatic carbocycles. The van der Waals surface area contributed by atoms with Crippen LogP contribution in [0, 0.1) is 17.8 Å². The van der Waals surface area contributed by atoms with E-state index in [-0.39, 0.29) is 0 Å². The molecule has 0 fully saturated rings. The van der Waals surface area contributed by atoms with E-state index in [0.29, 0.717) is 5.92 Å². The molecule has 1 rings (SSSR count). The van der Waals surface area contributed by atoms with Crippen molar-refractivity contribution in [3.05, 3.63) is 11.3 Å². The molecule has 0 aromatic carbocycles. The molecule has 2 heteroatoms. The second-order valence-corrected chi connectivity index (χ2v) is 9.91. The molecule has 0 aliphatic heterocycles. The molecule has 0 aromatic heterocycles. The van der Waals surface area contributed by atoms with Crippen LogP contribution in [0.25, 0.3) is 0 Å². The van der Waals surface area contributed by atoms with Gasteiger partial charge in [0.2, 0.25) is 8.32 Å². The zero-order valence-electron chi connectivity index (χ0n) is 11.3. The van der Waals surface area contributed by atoms with Crippen LogP contribution in [0.3, 0.4) is 0 Å². The number of hydrogen-bond donors (Lipinski definition) is 0. The average Bonchev–Trinajstić information content (AvgIpc) is 2.48. The summed E-state index contributed by atoms with van der Waals surface area (Å²) in [5.41, 5.74) is 1.38. The maximum absolute atomic E-state index is 6.10. The lowest BCUT2D eigenvalue weighted by Gasteiger charge is -2.21. The van der Waals surface area contributed by atoms with Crippen LogP contribution in [0.5, 0.6) is 0 Å². The molecule has 0 heterocycles. The van der Waals surface area contributed by atoms with E-state index in [2.05, 4.69) is 45.3 Å². The fraction of sp³-hybridized carbons (Fsp3) is 0.714. The molecule has 1 unspecified atom stereocenters. The molecule has 0 N–H and O–H groups in total. The van der Waals surface area contributed by atoms with E-state index >= 15 is 0 Å². The van der Waals surface area contributed by atoms with Crippen molar-refractivity contribution < 1.29 is 4.43 Å². The maximum atomic E-state index is 6.10. The molecular weight excluding hydrogens is 212 g/mol. The van der Waals surface area contributed by atoms with Crippen LogP contribution in [0.2, 0.25) is 19.6 Å². The van der Waals surface area contributed by atoms with Crippen LogP contribution in [0.1, 0.15) is 39.5 Å². The molecule has 0 spiro atoms. The first-order valence-electron chi connectivity index (χ1n) is 6.31. The van der Waals surface area contributed by atoms with Crippen molar-refractivity contribution in [3.63, 3.8) is 0 Å². The number of unbranched alkanes of at least 4 members (excludes halogenated alkanes) is 1. The third-order valence-corrected chi connectivity index (χ3v) is 3.56. The van der Waals surface area contributed by atoms with Crippen molar-refractivity contribution >= 4 is 8.32 Å². The van der Waals surface area contributed by atoms with E-state index in [1.165, 1.54) is 11.3 Å². The van der Waals surface area contributed by atoms with Gasteiger partial charge in [-0.05, 0) is 45.0 Å². The highest BCUT2D eigenvalue weighted by molar-refractivity contribution is 6.70. The summed E-state index contributed by atoms with van der Waals surface area (Å²) in [7, 11) is -1.44.